The zero-order valence-corrected chi connectivity index (χ0v) is 8.32. The fraction of sp³-hybridized carbons (Fsp3) is 0.778. The van der Waals surface area contributed by atoms with Crippen LogP contribution in [0.15, 0.2) is 4.52 Å². The average molecular weight is 197 g/mol. The van der Waals surface area contributed by atoms with E-state index in [1.165, 1.54) is 0 Å². The van der Waals surface area contributed by atoms with Crippen molar-refractivity contribution >= 4 is 0 Å². The van der Waals surface area contributed by atoms with Crippen LogP contribution < -0.4 is 5.73 Å². The van der Waals surface area contributed by atoms with Gasteiger partial charge in [0.2, 0.25) is 0 Å². The second-order valence-electron chi connectivity index (χ2n) is 3.91. The number of nitrogens with zero attached hydrogens (tertiary/aromatic N) is 2. The molecule has 0 amide bonds. The Bertz CT molecular complexity index is 307. The Labute approximate surface area is 82.6 Å². The molecule has 1 heterocycles. The van der Waals surface area contributed by atoms with Crippen LogP contribution >= 0.6 is 0 Å². The van der Waals surface area contributed by atoms with E-state index >= 15 is 0 Å². The molecule has 14 heavy (non-hydrogen) atoms. The van der Waals surface area contributed by atoms with E-state index in [0.717, 1.165) is 18.7 Å². The predicted molar refractivity (Wildman–Crippen MR) is 49.6 cm³/mol. The fourth-order valence-electron chi connectivity index (χ4n) is 1.21. The van der Waals surface area contributed by atoms with E-state index in [-0.39, 0.29) is 5.41 Å². The van der Waals surface area contributed by atoms with Crippen molar-refractivity contribution in [2.45, 2.75) is 31.8 Å². The molecule has 0 spiro atoms. The van der Waals surface area contributed by atoms with Crippen LogP contribution in [0.4, 0.5) is 0 Å². The van der Waals surface area contributed by atoms with Gasteiger partial charge in [0.15, 0.2) is 5.82 Å². The van der Waals surface area contributed by atoms with Gasteiger partial charge in [-0.3, -0.25) is 0 Å². The van der Waals surface area contributed by atoms with E-state index in [4.69, 9.17) is 15.0 Å². The van der Waals surface area contributed by atoms with Crippen LogP contribution in [0.3, 0.4) is 0 Å². The quantitative estimate of drug-likeness (QED) is 0.699. The van der Waals surface area contributed by atoms with Gasteiger partial charge in [-0.25, -0.2) is 0 Å². The maximum atomic E-state index is 5.29. The summed E-state index contributed by atoms with van der Waals surface area (Å²) in [4.78, 5) is 4.27. The molecule has 0 saturated heterocycles. The first-order valence-electron chi connectivity index (χ1n) is 4.85. The smallest absolute Gasteiger partial charge is 0.252 e. The van der Waals surface area contributed by atoms with Crippen molar-refractivity contribution in [2.24, 2.45) is 5.73 Å². The van der Waals surface area contributed by atoms with E-state index < -0.39 is 0 Å². The van der Waals surface area contributed by atoms with Crippen LogP contribution in [0.25, 0.3) is 0 Å². The van der Waals surface area contributed by atoms with E-state index in [9.17, 15) is 0 Å². The van der Waals surface area contributed by atoms with E-state index in [0.29, 0.717) is 25.6 Å². The van der Waals surface area contributed by atoms with Gasteiger partial charge in [0.25, 0.3) is 5.89 Å². The second-order valence-corrected chi connectivity index (χ2v) is 3.91. The monoisotopic (exact) mass is 197 g/mol. The molecule has 0 bridgehead atoms. The van der Waals surface area contributed by atoms with Gasteiger partial charge >= 0.3 is 0 Å². The molecule has 1 aromatic heterocycles. The van der Waals surface area contributed by atoms with Gasteiger partial charge in [0.05, 0.1) is 6.61 Å². The minimum atomic E-state index is 0.162. The van der Waals surface area contributed by atoms with Crippen LogP contribution in [-0.2, 0) is 16.8 Å². The number of hydrogen-bond acceptors (Lipinski definition) is 5. The SMILES string of the molecule is CC1(c2noc(COCCN)n2)CC1. The second kappa shape index (κ2) is 3.67. The molecule has 1 aromatic rings. The summed E-state index contributed by atoms with van der Waals surface area (Å²) in [5.41, 5.74) is 5.45. The summed E-state index contributed by atoms with van der Waals surface area (Å²) in [6, 6.07) is 0. The first-order chi connectivity index (χ1) is 6.74. The molecule has 0 atom stereocenters. The lowest BCUT2D eigenvalue weighted by molar-refractivity contribution is 0.104. The lowest BCUT2D eigenvalue weighted by atomic mass is 10.1. The molecular formula is C9H15N3O2. The summed E-state index contributed by atoms with van der Waals surface area (Å²) in [5.74, 6) is 1.35. The summed E-state index contributed by atoms with van der Waals surface area (Å²) in [5, 5.41) is 3.93. The average Bonchev–Trinajstić information content (AvgIpc) is 2.76. The highest BCUT2D eigenvalue weighted by molar-refractivity contribution is 5.14. The minimum Gasteiger partial charge on any atom is -0.370 e. The first-order valence-corrected chi connectivity index (χ1v) is 4.85. The molecule has 5 heteroatoms. The molecule has 0 unspecified atom stereocenters. The largest absolute Gasteiger partial charge is 0.370 e. The van der Waals surface area contributed by atoms with Crippen LogP contribution in [0.2, 0.25) is 0 Å². The number of ether oxygens (including phenoxy) is 1. The summed E-state index contributed by atoms with van der Waals surface area (Å²) in [7, 11) is 0. The van der Waals surface area contributed by atoms with Gasteiger partial charge in [0, 0.05) is 12.0 Å². The molecule has 1 aliphatic carbocycles. The molecule has 1 aliphatic rings. The molecule has 1 saturated carbocycles. The summed E-state index contributed by atoms with van der Waals surface area (Å²) < 4.78 is 10.2. The highest BCUT2D eigenvalue weighted by atomic mass is 16.5. The third kappa shape index (κ3) is 1.93. The van der Waals surface area contributed by atoms with Gasteiger partial charge < -0.3 is 15.0 Å². The minimum absolute atomic E-state index is 0.162. The number of hydrogen-bond donors (Lipinski definition) is 1. The molecule has 0 radical (unpaired) electrons. The van der Waals surface area contributed by atoms with Gasteiger partial charge in [0.1, 0.15) is 6.61 Å². The molecule has 0 aromatic carbocycles. The molecule has 0 aliphatic heterocycles. The van der Waals surface area contributed by atoms with Crippen molar-refractivity contribution in [2.75, 3.05) is 13.2 Å². The predicted octanol–water partition coefficient (Wildman–Crippen LogP) is 0.596. The highest BCUT2D eigenvalue weighted by Crippen LogP contribution is 2.45. The van der Waals surface area contributed by atoms with E-state index in [1.54, 1.807) is 0 Å². The van der Waals surface area contributed by atoms with E-state index in [2.05, 4.69) is 17.1 Å². The number of rotatable bonds is 5. The summed E-state index contributed by atoms with van der Waals surface area (Å²) in [6.45, 7) is 3.54. The van der Waals surface area contributed by atoms with Gasteiger partial charge in [-0.2, -0.15) is 4.98 Å². The van der Waals surface area contributed by atoms with Crippen molar-refractivity contribution in [1.29, 1.82) is 0 Å². The van der Waals surface area contributed by atoms with Crippen LogP contribution in [0.1, 0.15) is 31.5 Å². The summed E-state index contributed by atoms with van der Waals surface area (Å²) in [6.07, 6.45) is 2.30. The van der Waals surface area contributed by atoms with Crippen molar-refractivity contribution in [3.8, 4) is 0 Å². The lowest BCUT2D eigenvalue weighted by Gasteiger charge is -1.97. The summed E-state index contributed by atoms with van der Waals surface area (Å²) >= 11 is 0. The molecule has 2 rings (SSSR count). The number of aromatic nitrogens is 2. The molecule has 1 fully saturated rings. The molecule has 78 valence electrons. The molecular weight excluding hydrogens is 182 g/mol. The number of nitrogens with two attached hydrogens (primary N) is 1. The van der Waals surface area contributed by atoms with Crippen molar-refractivity contribution < 1.29 is 9.26 Å². The Morgan fingerprint density at radius 1 is 1.57 bits per heavy atom. The Balaban J connectivity index is 1.90. The standard InChI is InChI=1S/C9H15N3O2/c1-9(2-3-9)8-11-7(14-12-8)6-13-5-4-10/h2-6,10H2,1H3. The first kappa shape index (κ1) is 9.61. The maximum absolute atomic E-state index is 5.29. The van der Waals surface area contributed by atoms with Crippen molar-refractivity contribution in [3.05, 3.63) is 11.7 Å². The van der Waals surface area contributed by atoms with Crippen molar-refractivity contribution in [1.82, 2.24) is 10.1 Å². The Morgan fingerprint density at radius 2 is 2.36 bits per heavy atom. The molecule has 2 N–H and O–H groups in total. The van der Waals surface area contributed by atoms with Crippen LogP contribution in [0, 0.1) is 0 Å². The zero-order valence-electron chi connectivity index (χ0n) is 8.32. The van der Waals surface area contributed by atoms with Crippen molar-refractivity contribution in [3.63, 3.8) is 0 Å². The third-order valence-corrected chi connectivity index (χ3v) is 2.50. The Kier molecular flexibility index (Phi) is 2.52. The zero-order chi connectivity index (χ0) is 10.0. The van der Waals surface area contributed by atoms with Gasteiger partial charge in [-0.1, -0.05) is 12.1 Å². The highest BCUT2D eigenvalue weighted by Gasteiger charge is 2.43. The van der Waals surface area contributed by atoms with E-state index in [1.807, 2.05) is 0 Å². The Morgan fingerprint density at radius 3 is 3.00 bits per heavy atom. The van der Waals surface area contributed by atoms with Gasteiger partial charge in [-0.15, -0.1) is 0 Å². The normalized spacial score (nSPS) is 18.4. The lowest BCUT2D eigenvalue weighted by Crippen LogP contribution is -2.08. The fourth-order valence-corrected chi connectivity index (χ4v) is 1.21. The molecule has 5 nitrogen and oxygen atoms in total. The maximum Gasteiger partial charge on any atom is 0.252 e. The van der Waals surface area contributed by atoms with Gasteiger partial charge in [-0.05, 0) is 12.8 Å². The van der Waals surface area contributed by atoms with Crippen LogP contribution in [0.5, 0.6) is 0 Å². The van der Waals surface area contributed by atoms with Crippen LogP contribution in [-0.4, -0.2) is 23.3 Å². The third-order valence-electron chi connectivity index (χ3n) is 2.50. The Hall–Kier alpha value is -0.940. The topological polar surface area (TPSA) is 74.2 Å².